The van der Waals surface area contributed by atoms with Crippen LogP contribution in [-0.2, 0) is 4.74 Å². The summed E-state index contributed by atoms with van der Waals surface area (Å²) in [5.74, 6) is -1.21. The van der Waals surface area contributed by atoms with Crippen molar-refractivity contribution in [1.82, 2.24) is 9.55 Å². The Labute approximate surface area is 120 Å². The van der Waals surface area contributed by atoms with E-state index in [1.54, 1.807) is 0 Å². The first kappa shape index (κ1) is 13.7. The minimum Gasteiger partial charge on any atom is -0.375 e. The maximum absolute atomic E-state index is 13.8. The van der Waals surface area contributed by atoms with Gasteiger partial charge in [0, 0.05) is 18.7 Å². The van der Waals surface area contributed by atoms with Gasteiger partial charge in [-0.25, -0.2) is 8.78 Å². The van der Waals surface area contributed by atoms with Crippen LogP contribution < -0.4 is 0 Å². The Morgan fingerprint density at radius 2 is 2.15 bits per heavy atom. The number of halogens is 2. The average molecular weight is 298 g/mol. The number of H-pyrrole nitrogens is 1. The zero-order valence-electron chi connectivity index (χ0n) is 11.4. The summed E-state index contributed by atoms with van der Waals surface area (Å²) in [5.41, 5.74) is 0.489. The molecule has 6 heteroatoms. The van der Waals surface area contributed by atoms with E-state index in [4.69, 9.17) is 17.0 Å². The molecule has 1 aromatic carbocycles. The largest absolute Gasteiger partial charge is 0.375 e. The number of imidazole rings is 1. The van der Waals surface area contributed by atoms with E-state index >= 15 is 0 Å². The van der Waals surface area contributed by atoms with Gasteiger partial charge in [0.25, 0.3) is 0 Å². The number of ether oxygens (including phenoxy) is 1. The number of nitrogens with one attached hydrogen (secondary N) is 1. The predicted molar refractivity (Wildman–Crippen MR) is 75.3 cm³/mol. The standard InChI is InChI=1S/C14H16F2N2OS/c1-14(2)7-9(3-4-19-14)18-11-6-8(15)5-10(16)12(11)17-13(18)20/h5-6,9H,3-4,7H2,1-2H3,(H,17,20). The van der Waals surface area contributed by atoms with Crippen molar-refractivity contribution >= 4 is 23.3 Å². The third-order valence-electron chi connectivity index (χ3n) is 3.78. The van der Waals surface area contributed by atoms with Crippen molar-refractivity contribution in [2.75, 3.05) is 6.61 Å². The summed E-state index contributed by atoms with van der Waals surface area (Å²) < 4.78 is 35.2. The van der Waals surface area contributed by atoms with Gasteiger partial charge in [0.2, 0.25) is 0 Å². The molecule has 0 spiro atoms. The molecule has 0 bridgehead atoms. The molecule has 2 heterocycles. The van der Waals surface area contributed by atoms with E-state index in [0.717, 1.165) is 18.9 Å². The van der Waals surface area contributed by atoms with Gasteiger partial charge in [0.1, 0.15) is 11.3 Å². The monoisotopic (exact) mass is 298 g/mol. The highest BCUT2D eigenvalue weighted by Gasteiger charge is 2.31. The van der Waals surface area contributed by atoms with Crippen LogP contribution in [0.1, 0.15) is 32.7 Å². The number of benzene rings is 1. The molecule has 1 atom stereocenters. The van der Waals surface area contributed by atoms with Gasteiger partial charge in [-0.2, -0.15) is 0 Å². The molecule has 1 unspecified atom stereocenters. The van der Waals surface area contributed by atoms with Gasteiger partial charge in [-0.3, -0.25) is 0 Å². The van der Waals surface area contributed by atoms with Crippen molar-refractivity contribution in [3.8, 4) is 0 Å². The van der Waals surface area contributed by atoms with Crippen LogP contribution in [0, 0.1) is 16.4 Å². The lowest BCUT2D eigenvalue weighted by Crippen LogP contribution is -2.35. The number of rotatable bonds is 1. The number of aromatic amines is 1. The summed E-state index contributed by atoms with van der Waals surface area (Å²) in [6, 6.07) is 2.28. The Morgan fingerprint density at radius 1 is 1.40 bits per heavy atom. The van der Waals surface area contributed by atoms with E-state index in [1.807, 2.05) is 18.4 Å². The van der Waals surface area contributed by atoms with Crippen LogP contribution in [0.25, 0.3) is 11.0 Å². The minimum absolute atomic E-state index is 0.0844. The Balaban J connectivity index is 2.16. The molecule has 0 saturated carbocycles. The maximum atomic E-state index is 13.8. The third-order valence-corrected chi connectivity index (χ3v) is 4.08. The lowest BCUT2D eigenvalue weighted by atomic mass is 9.93. The second-order valence-corrected chi connectivity index (χ2v) is 6.22. The van der Waals surface area contributed by atoms with Gasteiger partial charge in [0.15, 0.2) is 10.6 Å². The molecule has 1 aromatic heterocycles. The van der Waals surface area contributed by atoms with Gasteiger partial charge in [-0.05, 0) is 45.0 Å². The number of hydrogen-bond acceptors (Lipinski definition) is 2. The van der Waals surface area contributed by atoms with Gasteiger partial charge >= 0.3 is 0 Å². The Bertz CT molecular complexity index is 720. The van der Waals surface area contributed by atoms with Crippen molar-refractivity contribution in [1.29, 1.82) is 0 Å². The Hall–Kier alpha value is -1.27. The SMILES string of the molecule is CC1(C)CC(n2c(=S)[nH]c3c(F)cc(F)cc32)CCO1. The zero-order chi connectivity index (χ0) is 14.5. The van der Waals surface area contributed by atoms with Gasteiger partial charge < -0.3 is 14.3 Å². The van der Waals surface area contributed by atoms with E-state index in [1.165, 1.54) is 6.07 Å². The van der Waals surface area contributed by atoms with E-state index in [9.17, 15) is 8.78 Å². The first-order valence-electron chi connectivity index (χ1n) is 6.61. The van der Waals surface area contributed by atoms with E-state index in [0.29, 0.717) is 16.9 Å². The fourth-order valence-electron chi connectivity index (χ4n) is 2.93. The molecule has 1 N–H and O–H groups in total. The van der Waals surface area contributed by atoms with Crippen LogP contribution in [-0.4, -0.2) is 21.8 Å². The molecule has 1 saturated heterocycles. The molecule has 2 aromatic rings. The average Bonchev–Trinajstić information content (AvgIpc) is 2.64. The molecule has 0 radical (unpaired) electrons. The molecule has 3 nitrogen and oxygen atoms in total. The van der Waals surface area contributed by atoms with Crippen LogP contribution in [0.15, 0.2) is 12.1 Å². The smallest absolute Gasteiger partial charge is 0.178 e. The van der Waals surface area contributed by atoms with Crippen LogP contribution in [0.5, 0.6) is 0 Å². The molecule has 0 aliphatic carbocycles. The summed E-state index contributed by atoms with van der Waals surface area (Å²) in [6.07, 6.45) is 1.54. The molecular weight excluding hydrogens is 282 g/mol. The topological polar surface area (TPSA) is 29.9 Å². The van der Waals surface area contributed by atoms with E-state index < -0.39 is 11.6 Å². The molecule has 20 heavy (non-hydrogen) atoms. The number of nitrogens with zero attached hydrogens (tertiary/aromatic N) is 1. The van der Waals surface area contributed by atoms with Gasteiger partial charge in [-0.15, -0.1) is 0 Å². The fourth-order valence-corrected chi connectivity index (χ4v) is 3.28. The lowest BCUT2D eigenvalue weighted by molar-refractivity contribution is -0.0687. The molecule has 0 amide bonds. The third kappa shape index (κ3) is 2.27. The zero-order valence-corrected chi connectivity index (χ0v) is 12.2. The van der Waals surface area contributed by atoms with Crippen molar-refractivity contribution < 1.29 is 13.5 Å². The highest BCUT2D eigenvalue weighted by Crippen LogP contribution is 2.34. The summed E-state index contributed by atoms with van der Waals surface area (Å²) in [7, 11) is 0. The first-order chi connectivity index (χ1) is 9.37. The molecule has 1 aliphatic heterocycles. The molecule has 1 aliphatic rings. The fraction of sp³-hybridized carbons (Fsp3) is 0.500. The number of aromatic nitrogens is 2. The summed E-state index contributed by atoms with van der Waals surface area (Å²) in [6.45, 7) is 4.64. The number of hydrogen-bond donors (Lipinski definition) is 1. The minimum atomic E-state index is -0.615. The van der Waals surface area contributed by atoms with Gasteiger partial charge in [-0.1, -0.05) is 0 Å². The van der Waals surface area contributed by atoms with E-state index in [-0.39, 0.29) is 17.2 Å². The van der Waals surface area contributed by atoms with Crippen molar-refractivity contribution in [3.05, 3.63) is 28.5 Å². The van der Waals surface area contributed by atoms with Crippen LogP contribution in [0.2, 0.25) is 0 Å². The quantitative estimate of drug-likeness (QED) is 0.803. The molecular formula is C14H16F2N2OS. The molecule has 3 rings (SSSR count). The molecule has 108 valence electrons. The normalized spacial score (nSPS) is 22.3. The number of fused-ring (bicyclic) bond motifs is 1. The van der Waals surface area contributed by atoms with Crippen LogP contribution in [0.3, 0.4) is 0 Å². The summed E-state index contributed by atoms with van der Waals surface area (Å²) >= 11 is 5.29. The van der Waals surface area contributed by atoms with Crippen LogP contribution in [0.4, 0.5) is 8.78 Å². The van der Waals surface area contributed by atoms with Crippen molar-refractivity contribution in [3.63, 3.8) is 0 Å². The van der Waals surface area contributed by atoms with Crippen LogP contribution >= 0.6 is 12.2 Å². The van der Waals surface area contributed by atoms with E-state index in [2.05, 4.69) is 4.98 Å². The predicted octanol–water partition coefficient (Wildman–Crippen LogP) is 4.11. The van der Waals surface area contributed by atoms with Gasteiger partial charge in [0.05, 0.1) is 11.1 Å². The Morgan fingerprint density at radius 3 is 2.85 bits per heavy atom. The van der Waals surface area contributed by atoms with Crippen molar-refractivity contribution in [2.24, 2.45) is 0 Å². The molecule has 1 fully saturated rings. The lowest BCUT2D eigenvalue weighted by Gasteiger charge is -2.36. The first-order valence-corrected chi connectivity index (χ1v) is 7.01. The highest BCUT2D eigenvalue weighted by atomic mass is 32.1. The Kier molecular flexibility index (Phi) is 3.17. The summed E-state index contributed by atoms with van der Waals surface area (Å²) in [4.78, 5) is 2.84. The second-order valence-electron chi connectivity index (χ2n) is 5.84. The second kappa shape index (κ2) is 4.63. The summed E-state index contributed by atoms with van der Waals surface area (Å²) in [5, 5.41) is 0. The maximum Gasteiger partial charge on any atom is 0.178 e. The highest BCUT2D eigenvalue weighted by molar-refractivity contribution is 7.71. The van der Waals surface area contributed by atoms with Crippen molar-refractivity contribution in [2.45, 2.75) is 38.3 Å².